The molecule has 0 spiro atoms. The Morgan fingerprint density at radius 2 is 1.42 bits per heavy atom. The van der Waals surface area contributed by atoms with Crippen molar-refractivity contribution in [3.05, 3.63) is 54.9 Å². The third kappa shape index (κ3) is 3.25. The maximum atomic E-state index is 5.01. The molecule has 0 atom stereocenters. The number of rotatable bonds is 2. The van der Waals surface area contributed by atoms with Crippen molar-refractivity contribution < 1.29 is 13.9 Å². The van der Waals surface area contributed by atoms with Gasteiger partial charge in [0.1, 0.15) is 5.52 Å². The van der Waals surface area contributed by atoms with E-state index < -0.39 is 0 Å². The van der Waals surface area contributed by atoms with Crippen LogP contribution in [0.25, 0.3) is 11.1 Å². The van der Waals surface area contributed by atoms with Crippen molar-refractivity contribution >= 4 is 11.1 Å². The number of nitrogens with zero attached hydrogens (tertiary/aromatic N) is 1. The first-order valence-electron chi connectivity index (χ1n) is 5.80. The molecular weight excluding hydrogens is 242 g/mol. The van der Waals surface area contributed by atoms with Gasteiger partial charge in [-0.25, -0.2) is 4.98 Å². The molecule has 0 N–H and O–H groups in total. The second-order valence-electron chi connectivity index (χ2n) is 3.68. The highest BCUT2D eigenvalue weighted by atomic mass is 16.5. The topological polar surface area (TPSA) is 44.5 Å². The molecule has 98 valence electrons. The van der Waals surface area contributed by atoms with E-state index in [0.29, 0.717) is 0 Å². The predicted octanol–water partition coefficient (Wildman–Crippen LogP) is 3.53. The quantitative estimate of drug-likeness (QED) is 0.704. The fourth-order valence-electron chi connectivity index (χ4n) is 1.59. The van der Waals surface area contributed by atoms with Crippen LogP contribution in [0.2, 0.25) is 0 Å². The van der Waals surface area contributed by atoms with Crippen LogP contribution in [0.3, 0.4) is 0 Å². The fraction of sp³-hybridized carbons (Fsp3) is 0.133. The molecule has 0 bridgehead atoms. The van der Waals surface area contributed by atoms with Crippen LogP contribution in [0.1, 0.15) is 0 Å². The average molecular weight is 257 g/mol. The van der Waals surface area contributed by atoms with E-state index in [4.69, 9.17) is 13.9 Å². The lowest BCUT2D eigenvalue weighted by molar-refractivity contribution is 0.355. The maximum absolute atomic E-state index is 5.01. The van der Waals surface area contributed by atoms with E-state index in [-0.39, 0.29) is 0 Å². The van der Waals surface area contributed by atoms with Gasteiger partial charge < -0.3 is 13.9 Å². The number of oxazole rings is 1. The molecule has 1 heterocycles. The second kappa shape index (κ2) is 6.44. The van der Waals surface area contributed by atoms with Crippen LogP contribution in [0, 0.1) is 0 Å². The third-order valence-electron chi connectivity index (χ3n) is 2.53. The Balaban J connectivity index is 0.000000141. The molecule has 0 unspecified atom stereocenters. The largest absolute Gasteiger partial charge is 0.493 e. The van der Waals surface area contributed by atoms with Crippen LogP contribution < -0.4 is 9.47 Å². The Hall–Kier alpha value is -2.49. The SMILES string of the molecule is COc1ccccc1OC.c1ccc2ocnc2c1. The van der Waals surface area contributed by atoms with Crippen molar-refractivity contribution in [2.24, 2.45) is 0 Å². The van der Waals surface area contributed by atoms with Gasteiger partial charge in [-0.2, -0.15) is 0 Å². The molecule has 0 amide bonds. The van der Waals surface area contributed by atoms with E-state index in [1.807, 2.05) is 48.5 Å². The van der Waals surface area contributed by atoms with Gasteiger partial charge in [-0.05, 0) is 24.3 Å². The van der Waals surface area contributed by atoms with Gasteiger partial charge in [0.15, 0.2) is 23.5 Å². The lowest BCUT2D eigenvalue weighted by Crippen LogP contribution is -1.88. The molecular formula is C15H15NO3. The Bertz CT molecular complexity index is 581. The highest BCUT2D eigenvalue weighted by Gasteiger charge is 1.97. The average Bonchev–Trinajstić information content (AvgIpc) is 2.96. The van der Waals surface area contributed by atoms with E-state index in [0.717, 1.165) is 22.6 Å². The van der Waals surface area contributed by atoms with Gasteiger partial charge in [0.05, 0.1) is 14.2 Å². The summed E-state index contributed by atoms with van der Waals surface area (Å²) in [7, 11) is 3.25. The third-order valence-corrected chi connectivity index (χ3v) is 2.53. The fourth-order valence-corrected chi connectivity index (χ4v) is 1.59. The van der Waals surface area contributed by atoms with Crippen LogP contribution in [0.5, 0.6) is 11.5 Å². The zero-order valence-electron chi connectivity index (χ0n) is 10.9. The normalized spacial score (nSPS) is 9.58. The van der Waals surface area contributed by atoms with Crippen molar-refractivity contribution in [1.29, 1.82) is 0 Å². The highest BCUT2D eigenvalue weighted by Crippen LogP contribution is 2.24. The molecule has 2 aromatic carbocycles. The summed E-state index contributed by atoms with van der Waals surface area (Å²) in [5.74, 6) is 1.54. The summed E-state index contributed by atoms with van der Waals surface area (Å²) in [4.78, 5) is 3.95. The smallest absolute Gasteiger partial charge is 0.181 e. The van der Waals surface area contributed by atoms with E-state index in [2.05, 4.69) is 4.98 Å². The van der Waals surface area contributed by atoms with E-state index >= 15 is 0 Å². The molecule has 4 heteroatoms. The summed E-state index contributed by atoms with van der Waals surface area (Å²) >= 11 is 0. The van der Waals surface area contributed by atoms with Gasteiger partial charge in [-0.15, -0.1) is 0 Å². The number of ether oxygens (including phenoxy) is 2. The number of hydrogen-bond donors (Lipinski definition) is 0. The van der Waals surface area contributed by atoms with Gasteiger partial charge in [0, 0.05) is 0 Å². The summed E-state index contributed by atoms with van der Waals surface area (Å²) in [5, 5.41) is 0. The molecule has 19 heavy (non-hydrogen) atoms. The number of fused-ring (bicyclic) bond motifs is 1. The van der Waals surface area contributed by atoms with Gasteiger partial charge in [0.2, 0.25) is 0 Å². The van der Waals surface area contributed by atoms with Crippen molar-refractivity contribution in [1.82, 2.24) is 4.98 Å². The van der Waals surface area contributed by atoms with Gasteiger partial charge in [-0.1, -0.05) is 24.3 Å². The minimum Gasteiger partial charge on any atom is -0.493 e. The number of hydrogen-bond acceptors (Lipinski definition) is 4. The Morgan fingerprint density at radius 3 is 2.00 bits per heavy atom. The standard InChI is InChI=1S/C8H10O2.C7H5NO/c1-9-7-5-3-4-6-8(7)10-2;1-2-4-7-6(3-1)8-5-9-7/h3-6H,1-2H3;1-5H. The molecule has 0 saturated heterocycles. The zero-order valence-corrected chi connectivity index (χ0v) is 10.9. The van der Waals surface area contributed by atoms with E-state index in [1.165, 1.54) is 6.39 Å². The first kappa shape index (κ1) is 13.0. The Kier molecular flexibility index (Phi) is 4.39. The molecule has 3 rings (SSSR count). The predicted molar refractivity (Wildman–Crippen MR) is 73.6 cm³/mol. The number of methoxy groups -OCH3 is 2. The zero-order chi connectivity index (χ0) is 13.5. The lowest BCUT2D eigenvalue weighted by atomic mass is 10.3. The molecule has 0 aliphatic rings. The Morgan fingerprint density at radius 1 is 0.842 bits per heavy atom. The monoisotopic (exact) mass is 257 g/mol. The van der Waals surface area contributed by atoms with Crippen molar-refractivity contribution in [2.75, 3.05) is 14.2 Å². The number of aromatic nitrogens is 1. The molecule has 0 saturated carbocycles. The maximum Gasteiger partial charge on any atom is 0.181 e. The van der Waals surface area contributed by atoms with Crippen LogP contribution in [-0.4, -0.2) is 19.2 Å². The van der Waals surface area contributed by atoms with E-state index in [9.17, 15) is 0 Å². The minimum absolute atomic E-state index is 0.769. The molecule has 4 nitrogen and oxygen atoms in total. The lowest BCUT2D eigenvalue weighted by Gasteiger charge is -2.04. The van der Waals surface area contributed by atoms with Crippen molar-refractivity contribution in [2.45, 2.75) is 0 Å². The number of para-hydroxylation sites is 4. The summed E-state index contributed by atoms with van der Waals surface area (Å²) in [5.41, 5.74) is 1.76. The molecule has 3 aromatic rings. The molecule has 0 fully saturated rings. The molecule has 1 aromatic heterocycles. The van der Waals surface area contributed by atoms with Crippen LogP contribution >= 0.6 is 0 Å². The van der Waals surface area contributed by atoms with E-state index in [1.54, 1.807) is 14.2 Å². The van der Waals surface area contributed by atoms with Crippen LogP contribution in [0.4, 0.5) is 0 Å². The van der Waals surface area contributed by atoms with Crippen LogP contribution in [-0.2, 0) is 0 Å². The van der Waals surface area contributed by atoms with Gasteiger partial charge in [-0.3, -0.25) is 0 Å². The Labute approximate surface area is 111 Å². The van der Waals surface area contributed by atoms with Crippen molar-refractivity contribution in [3.8, 4) is 11.5 Å². The second-order valence-corrected chi connectivity index (χ2v) is 3.68. The van der Waals surface area contributed by atoms with Gasteiger partial charge in [0.25, 0.3) is 0 Å². The first-order valence-corrected chi connectivity index (χ1v) is 5.80. The number of benzene rings is 2. The molecule has 0 aliphatic carbocycles. The van der Waals surface area contributed by atoms with Gasteiger partial charge >= 0.3 is 0 Å². The summed E-state index contributed by atoms with van der Waals surface area (Å²) < 4.78 is 15.0. The molecule has 0 aliphatic heterocycles. The van der Waals surface area contributed by atoms with Crippen LogP contribution in [0.15, 0.2) is 59.3 Å². The summed E-state index contributed by atoms with van der Waals surface area (Å²) in [6.45, 7) is 0. The van der Waals surface area contributed by atoms with Crippen molar-refractivity contribution in [3.63, 3.8) is 0 Å². The first-order chi connectivity index (χ1) is 9.35. The summed E-state index contributed by atoms with van der Waals surface area (Å²) in [6, 6.07) is 15.2. The summed E-state index contributed by atoms with van der Waals surface area (Å²) in [6.07, 6.45) is 1.45. The minimum atomic E-state index is 0.769. The molecule has 0 radical (unpaired) electrons. The highest BCUT2D eigenvalue weighted by molar-refractivity contribution is 5.71.